The second-order valence-electron chi connectivity index (χ2n) is 8.38. The molecule has 0 bridgehead atoms. The molecule has 7 atom stereocenters. The summed E-state index contributed by atoms with van der Waals surface area (Å²) in [6.07, 6.45) is 4.27. The number of aliphatic hydroxyl groups is 2. The van der Waals surface area contributed by atoms with Crippen LogP contribution < -0.4 is 10.6 Å². The molecule has 33 heavy (non-hydrogen) atoms. The van der Waals surface area contributed by atoms with Gasteiger partial charge in [0.05, 0.1) is 38.1 Å². The van der Waals surface area contributed by atoms with Gasteiger partial charge in [-0.25, -0.2) is 0 Å². The fourth-order valence-corrected chi connectivity index (χ4v) is 3.06. The third-order valence-electron chi connectivity index (χ3n) is 5.55. The summed E-state index contributed by atoms with van der Waals surface area (Å²) in [4.78, 5) is 11.0. The molecule has 4 N–H and O–H groups in total. The fourth-order valence-electron chi connectivity index (χ4n) is 3.06. The van der Waals surface area contributed by atoms with Crippen LogP contribution in [0, 0.1) is 0 Å². The van der Waals surface area contributed by atoms with Crippen LogP contribution in [-0.4, -0.2) is 85.6 Å². The third-order valence-corrected chi connectivity index (χ3v) is 5.55. The van der Waals surface area contributed by atoms with Gasteiger partial charge in [-0.3, -0.25) is 4.79 Å². The monoisotopic (exact) mass is 478 g/mol. The van der Waals surface area contributed by atoms with Crippen LogP contribution in [-0.2, 0) is 19.0 Å². The number of rotatable bonds is 7. The van der Waals surface area contributed by atoms with Crippen molar-refractivity contribution in [1.29, 1.82) is 0 Å². The Morgan fingerprint density at radius 3 is 2.12 bits per heavy atom. The maximum absolute atomic E-state index is 11.0. The topological polar surface area (TPSA) is 109 Å². The van der Waals surface area contributed by atoms with Gasteiger partial charge in [0.25, 0.3) is 0 Å². The van der Waals surface area contributed by atoms with Crippen molar-refractivity contribution in [3.63, 3.8) is 0 Å². The number of carbonyl (C=O) groups is 1. The molecule has 0 aromatic carbocycles. The first-order chi connectivity index (χ1) is 15.7. The van der Waals surface area contributed by atoms with Crippen molar-refractivity contribution in [2.75, 3.05) is 26.9 Å². The maximum atomic E-state index is 11.0. The minimum Gasteiger partial charge on any atom is -0.394 e. The molecule has 0 saturated carbocycles. The molecule has 1 amide bonds. The molecule has 2 aliphatic heterocycles. The van der Waals surface area contributed by atoms with E-state index in [1.165, 1.54) is 32.6 Å². The number of nitrogens with one attached hydrogen (secondary N) is 2. The number of hydrogen-bond donors (Lipinski definition) is 4. The number of hydrogen-bond acceptors (Lipinski definition) is 7. The summed E-state index contributed by atoms with van der Waals surface area (Å²) in [5, 5.41) is 25.2. The lowest BCUT2D eigenvalue weighted by atomic mass is 9.97. The number of amides is 1. The lowest BCUT2D eigenvalue weighted by molar-refractivity contribution is -0.196. The number of likely N-dealkylation sites (N-methyl/N-ethyl adjacent to an activating group) is 1. The first kappa shape index (κ1) is 34.4. The molecular weight excluding hydrogens is 424 g/mol. The molecule has 200 valence electrons. The standard InChI is InChI=1S/C12H23NO5.C7H15NO.C4H10.C2H6/c1-4-7(2)18-12-10(5-14)17-6-9(11(12)16)13-8(3)15;1-6-3-4-7(8-2)5-9-6;1-3-4-2;1-2/h7,9-12,14,16H,4-6H2,1-3H3,(H,13,15);6-8H,3-5H2,1-2H3;3-4H2,1-2H3;1-2H3. The zero-order valence-corrected chi connectivity index (χ0v) is 22.7. The molecule has 0 aliphatic carbocycles. The number of unbranched alkanes of at least 4 members (excludes halogenated alkanes) is 1. The van der Waals surface area contributed by atoms with Crippen molar-refractivity contribution < 1.29 is 29.2 Å². The molecule has 0 radical (unpaired) electrons. The normalized spacial score (nSPS) is 29.7. The zero-order valence-electron chi connectivity index (χ0n) is 22.7. The van der Waals surface area contributed by atoms with E-state index in [1.54, 1.807) is 0 Å². The molecule has 8 nitrogen and oxygen atoms in total. The van der Waals surface area contributed by atoms with E-state index in [-0.39, 0.29) is 25.2 Å². The van der Waals surface area contributed by atoms with Crippen LogP contribution in [0.1, 0.15) is 87.5 Å². The predicted octanol–water partition coefficient (Wildman–Crippen LogP) is 3.03. The molecule has 0 spiro atoms. The van der Waals surface area contributed by atoms with Gasteiger partial charge < -0.3 is 35.1 Å². The van der Waals surface area contributed by atoms with Crippen LogP contribution in [0.25, 0.3) is 0 Å². The van der Waals surface area contributed by atoms with Crippen molar-refractivity contribution in [2.45, 2.75) is 130 Å². The average molecular weight is 479 g/mol. The van der Waals surface area contributed by atoms with Gasteiger partial charge in [0, 0.05) is 13.0 Å². The molecule has 2 heterocycles. The van der Waals surface area contributed by atoms with Crippen molar-refractivity contribution in [3.05, 3.63) is 0 Å². The van der Waals surface area contributed by atoms with Gasteiger partial charge in [-0.1, -0.05) is 47.5 Å². The Labute approximate surface area is 203 Å². The fraction of sp³-hybridized carbons (Fsp3) is 0.960. The summed E-state index contributed by atoms with van der Waals surface area (Å²) < 4.78 is 16.5. The van der Waals surface area contributed by atoms with Gasteiger partial charge in [0.15, 0.2) is 0 Å². The maximum Gasteiger partial charge on any atom is 0.217 e. The van der Waals surface area contributed by atoms with E-state index in [1.807, 2.05) is 34.7 Å². The Bertz CT molecular complexity index is 445. The summed E-state index contributed by atoms with van der Waals surface area (Å²) in [6.45, 7) is 16.6. The van der Waals surface area contributed by atoms with Crippen LogP contribution in [0.15, 0.2) is 0 Å². The smallest absolute Gasteiger partial charge is 0.217 e. The number of carbonyl (C=O) groups excluding carboxylic acids is 1. The average Bonchev–Trinajstić information content (AvgIpc) is 2.83. The Morgan fingerprint density at radius 1 is 1.12 bits per heavy atom. The van der Waals surface area contributed by atoms with E-state index in [0.29, 0.717) is 12.1 Å². The Balaban J connectivity index is 0. The highest BCUT2D eigenvalue weighted by Gasteiger charge is 2.41. The van der Waals surface area contributed by atoms with Gasteiger partial charge in [-0.05, 0) is 40.2 Å². The number of aliphatic hydroxyl groups excluding tert-OH is 2. The minimum atomic E-state index is -0.881. The molecule has 0 aromatic rings. The van der Waals surface area contributed by atoms with Crippen LogP contribution in [0.4, 0.5) is 0 Å². The molecule has 2 saturated heterocycles. The minimum absolute atomic E-state index is 0.0432. The summed E-state index contributed by atoms with van der Waals surface area (Å²) in [6, 6.07) is 0.0977. The van der Waals surface area contributed by atoms with E-state index in [4.69, 9.17) is 14.2 Å². The summed E-state index contributed by atoms with van der Waals surface area (Å²) in [5.74, 6) is -0.229. The van der Waals surface area contributed by atoms with E-state index in [9.17, 15) is 15.0 Å². The van der Waals surface area contributed by atoms with Crippen LogP contribution in [0.2, 0.25) is 0 Å². The SMILES string of the molecule is CC.CCC(C)OC1C(CO)OCC(NC(C)=O)C1O.CCCC.CNC1CCC(C)OC1. The first-order valence-corrected chi connectivity index (χ1v) is 12.9. The van der Waals surface area contributed by atoms with Gasteiger partial charge in [0.2, 0.25) is 5.91 Å². The van der Waals surface area contributed by atoms with Gasteiger partial charge in [-0.2, -0.15) is 0 Å². The molecule has 0 aromatic heterocycles. The lowest BCUT2D eigenvalue weighted by Gasteiger charge is -2.40. The van der Waals surface area contributed by atoms with Crippen molar-refractivity contribution >= 4 is 5.91 Å². The quantitative estimate of drug-likeness (QED) is 0.445. The van der Waals surface area contributed by atoms with Crippen molar-refractivity contribution in [3.8, 4) is 0 Å². The van der Waals surface area contributed by atoms with Crippen molar-refractivity contribution in [1.82, 2.24) is 10.6 Å². The van der Waals surface area contributed by atoms with Crippen molar-refractivity contribution in [2.24, 2.45) is 0 Å². The second-order valence-corrected chi connectivity index (χ2v) is 8.38. The summed E-state index contributed by atoms with van der Waals surface area (Å²) in [5.41, 5.74) is 0. The molecule has 2 fully saturated rings. The van der Waals surface area contributed by atoms with E-state index in [0.717, 1.165) is 13.0 Å². The summed E-state index contributed by atoms with van der Waals surface area (Å²) in [7, 11) is 1.99. The second kappa shape index (κ2) is 21.7. The third kappa shape index (κ3) is 15.7. The highest BCUT2D eigenvalue weighted by molar-refractivity contribution is 5.73. The first-order valence-electron chi connectivity index (χ1n) is 12.9. The molecule has 7 unspecified atom stereocenters. The van der Waals surface area contributed by atoms with Gasteiger partial charge in [-0.15, -0.1) is 0 Å². The number of ether oxygens (including phenoxy) is 3. The van der Waals surface area contributed by atoms with E-state index >= 15 is 0 Å². The Morgan fingerprint density at radius 2 is 1.73 bits per heavy atom. The van der Waals surface area contributed by atoms with Gasteiger partial charge >= 0.3 is 0 Å². The lowest BCUT2D eigenvalue weighted by Crippen LogP contribution is -2.61. The van der Waals surface area contributed by atoms with E-state index in [2.05, 4.69) is 31.4 Å². The molecule has 2 aliphatic rings. The van der Waals surface area contributed by atoms with Crippen LogP contribution in [0.5, 0.6) is 0 Å². The predicted molar refractivity (Wildman–Crippen MR) is 134 cm³/mol. The van der Waals surface area contributed by atoms with Gasteiger partial charge in [0.1, 0.15) is 18.3 Å². The largest absolute Gasteiger partial charge is 0.394 e. The highest BCUT2D eigenvalue weighted by atomic mass is 16.6. The Hall–Kier alpha value is -0.770. The summed E-state index contributed by atoms with van der Waals surface area (Å²) >= 11 is 0. The molecule has 8 heteroatoms. The molecule has 2 rings (SSSR count). The molecular formula is C25H54N2O6. The zero-order chi connectivity index (χ0) is 25.8. The Kier molecular flexibility index (Phi) is 22.7. The highest BCUT2D eigenvalue weighted by Crippen LogP contribution is 2.21. The van der Waals surface area contributed by atoms with Crippen LogP contribution in [0.3, 0.4) is 0 Å². The van der Waals surface area contributed by atoms with E-state index < -0.39 is 24.4 Å². The van der Waals surface area contributed by atoms with Crippen LogP contribution >= 0.6 is 0 Å².